The number of nitrogens with zero attached hydrogens (tertiary/aromatic N) is 7. The number of hydrogen-bond donors (Lipinski definition) is 4. The molecule has 3 aromatic heterocycles. The molecule has 0 bridgehead atoms. The molecule has 308 valence electrons. The number of piperidine rings is 2. The lowest BCUT2D eigenvalue weighted by atomic mass is 9.86. The Labute approximate surface area is 338 Å². The molecule has 59 heavy (non-hydrogen) atoms. The number of amides is 6. The predicted octanol–water partition coefficient (Wildman–Crippen LogP) is 1.61. The first kappa shape index (κ1) is 39.5. The molecule has 19 heteroatoms. The highest BCUT2D eigenvalue weighted by atomic mass is 16.5. The average molecular weight is 808 g/mol. The maximum Gasteiger partial charge on any atom is 0.270 e. The van der Waals surface area contributed by atoms with Crippen LogP contribution in [0.4, 0.5) is 11.5 Å². The molecular weight excluding hydrogens is 763 g/mol. The Bertz CT molecular complexity index is 2280. The van der Waals surface area contributed by atoms with E-state index in [1.54, 1.807) is 35.5 Å². The van der Waals surface area contributed by atoms with E-state index in [9.17, 15) is 28.8 Å². The van der Waals surface area contributed by atoms with Gasteiger partial charge in [0.05, 0.1) is 37.3 Å². The molecule has 6 amide bonds. The van der Waals surface area contributed by atoms with Crippen LogP contribution in [0.15, 0.2) is 49.1 Å². The monoisotopic (exact) mass is 807 g/mol. The smallest absolute Gasteiger partial charge is 0.270 e. The summed E-state index contributed by atoms with van der Waals surface area (Å²) in [5.41, 5.74) is 3.65. The third kappa shape index (κ3) is 8.61. The molecule has 0 radical (unpaired) electrons. The first-order valence-corrected chi connectivity index (χ1v) is 19.8. The third-order valence-electron chi connectivity index (χ3n) is 11.1. The van der Waals surface area contributed by atoms with Gasteiger partial charge < -0.3 is 34.9 Å². The van der Waals surface area contributed by atoms with Gasteiger partial charge in [-0.15, -0.1) is 0 Å². The van der Waals surface area contributed by atoms with Crippen LogP contribution in [0.5, 0.6) is 0 Å². The Hall–Kier alpha value is -6.34. The molecule has 4 N–H and O–H groups in total. The lowest BCUT2D eigenvalue weighted by Crippen LogP contribution is -2.54. The molecule has 4 aliphatic rings. The van der Waals surface area contributed by atoms with E-state index in [4.69, 9.17) is 9.47 Å². The average Bonchev–Trinajstić information content (AvgIpc) is 3.75. The third-order valence-corrected chi connectivity index (χ3v) is 11.1. The van der Waals surface area contributed by atoms with Crippen molar-refractivity contribution >= 4 is 58.1 Å². The van der Waals surface area contributed by atoms with Gasteiger partial charge in [-0.25, -0.2) is 19.9 Å². The zero-order valence-electron chi connectivity index (χ0n) is 32.5. The van der Waals surface area contributed by atoms with Gasteiger partial charge in [0, 0.05) is 55.6 Å². The molecule has 19 nitrogen and oxygen atoms in total. The summed E-state index contributed by atoms with van der Waals surface area (Å²) in [6.45, 7) is 4.24. The Balaban J connectivity index is 0.705. The number of likely N-dealkylation sites (tertiary alicyclic amines) is 1. The van der Waals surface area contributed by atoms with Crippen molar-refractivity contribution in [2.45, 2.75) is 69.6 Å². The van der Waals surface area contributed by atoms with Gasteiger partial charge in [0.25, 0.3) is 17.7 Å². The first-order valence-electron chi connectivity index (χ1n) is 19.8. The molecule has 1 aromatic carbocycles. The van der Waals surface area contributed by atoms with Gasteiger partial charge in [0.15, 0.2) is 11.5 Å². The number of ether oxygens (including phenoxy) is 2. The number of carbonyl (C=O) groups excluding carboxylic acids is 6. The highest BCUT2D eigenvalue weighted by Crippen LogP contribution is 2.35. The fraction of sp³-hybridized carbons (Fsp3) is 0.450. The number of imide groups is 2. The summed E-state index contributed by atoms with van der Waals surface area (Å²) < 4.78 is 13.3. The second-order valence-corrected chi connectivity index (χ2v) is 15.1. The summed E-state index contributed by atoms with van der Waals surface area (Å²) in [7, 11) is 0. The van der Waals surface area contributed by atoms with E-state index in [2.05, 4.69) is 41.2 Å². The Morgan fingerprint density at radius 1 is 0.898 bits per heavy atom. The molecule has 0 unspecified atom stereocenters. The quantitative estimate of drug-likeness (QED) is 0.0988. The summed E-state index contributed by atoms with van der Waals surface area (Å²) in [6.07, 6.45) is 6.47. The topological polar surface area (TPSA) is 232 Å². The van der Waals surface area contributed by atoms with E-state index >= 15 is 0 Å². The minimum atomic E-state index is -1.02. The van der Waals surface area contributed by atoms with Crippen LogP contribution in [-0.4, -0.2) is 134 Å². The minimum absolute atomic E-state index is 0.0457. The standard InChI is InChI=1S/C40H45N11O8/c1-23-3-2-4-30(45-23)37(54)47-26-17-27(18-26)50-22-44-34-35(42-21-43-36(34)50)46-24-9-12-49(13-10-24)33(53)20-59-16-15-58-14-11-41-25-5-6-28-29(19-25)40(57)51(39(28)56)31-7-8-32(52)48-38(31)55/h2-6,19,21-22,24,26-27,31,41H,7-18,20H2,1H3,(H,47,54)(H,42,43,46)(H,48,52,55)/t26?,27?,31-/m0/s1. The number of benzene rings is 1. The maximum atomic E-state index is 13.0. The second kappa shape index (κ2) is 17.3. The van der Waals surface area contributed by atoms with Gasteiger partial charge in [-0.2, -0.15) is 0 Å². The predicted molar refractivity (Wildman–Crippen MR) is 210 cm³/mol. The van der Waals surface area contributed by atoms with Gasteiger partial charge in [0.2, 0.25) is 17.7 Å². The number of pyridine rings is 1. The van der Waals surface area contributed by atoms with Crippen LogP contribution in [0.1, 0.15) is 81.5 Å². The first-order chi connectivity index (χ1) is 28.6. The second-order valence-electron chi connectivity index (χ2n) is 15.1. The van der Waals surface area contributed by atoms with Crippen molar-refractivity contribution in [1.29, 1.82) is 0 Å². The van der Waals surface area contributed by atoms with Gasteiger partial charge in [-0.05, 0) is 69.4 Å². The molecule has 4 aromatic rings. The van der Waals surface area contributed by atoms with Crippen LogP contribution in [0.3, 0.4) is 0 Å². The molecule has 1 atom stereocenters. The van der Waals surface area contributed by atoms with E-state index in [0.29, 0.717) is 49.0 Å². The lowest BCUT2D eigenvalue weighted by molar-refractivity contribution is -0.138. The molecule has 3 fully saturated rings. The number of rotatable bonds is 15. The zero-order chi connectivity index (χ0) is 41.0. The van der Waals surface area contributed by atoms with E-state index in [0.717, 1.165) is 41.9 Å². The number of imidazole rings is 1. The van der Waals surface area contributed by atoms with Gasteiger partial charge in [0.1, 0.15) is 30.2 Å². The number of fused-ring (bicyclic) bond motifs is 2. The maximum absolute atomic E-state index is 13.0. The summed E-state index contributed by atoms with van der Waals surface area (Å²) >= 11 is 0. The summed E-state index contributed by atoms with van der Waals surface area (Å²) in [6, 6.07) is 9.49. The van der Waals surface area contributed by atoms with Crippen molar-refractivity contribution in [2.24, 2.45) is 0 Å². The van der Waals surface area contributed by atoms with E-state index in [1.165, 1.54) is 6.33 Å². The van der Waals surface area contributed by atoms with Crippen molar-refractivity contribution in [3.05, 3.63) is 71.6 Å². The van der Waals surface area contributed by atoms with Crippen LogP contribution in [0.25, 0.3) is 11.2 Å². The fourth-order valence-electron chi connectivity index (χ4n) is 7.87. The number of anilines is 2. The molecule has 8 rings (SSSR count). The number of nitrogens with one attached hydrogen (secondary N) is 4. The number of hydrogen-bond acceptors (Lipinski definition) is 14. The van der Waals surface area contributed by atoms with Gasteiger partial charge in [-0.3, -0.25) is 39.0 Å². The molecule has 1 aliphatic carbocycles. The fourth-order valence-corrected chi connectivity index (χ4v) is 7.87. The van der Waals surface area contributed by atoms with Gasteiger partial charge in [-0.1, -0.05) is 6.07 Å². The number of carbonyl (C=O) groups is 6. The Morgan fingerprint density at radius 2 is 1.69 bits per heavy atom. The van der Waals surface area contributed by atoms with E-state index in [1.807, 2.05) is 23.6 Å². The van der Waals surface area contributed by atoms with Crippen LogP contribution in [0.2, 0.25) is 0 Å². The van der Waals surface area contributed by atoms with Crippen molar-refractivity contribution in [3.8, 4) is 0 Å². The SMILES string of the molecule is Cc1cccc(C(=O)NC2CC(n3cnc4c(NC5CCN(C(=O)COCCOCCNc6ccc7c(c6)C(=O)N([C@H]6CCC(=O)NC6=O)C7=O)CC5)ncnc43)C2)n1. The van der Waals surface area contributed by atoms with Crippen molar-refractivity contribution in [2.75, 3.05) is 56.7 Å². The Kier molecular flexibility index (Phi) is 11.5. The van der Waals surface area contributed by atoms with Crippen LogP contribution in [0, 0.1) is 6.92 Å². The summed E-state index contributed by atoms with van der Waals surface area (Å²) in [5, 5.41) is 11.9. The minimum Gasteiger partial charge on any atom is -0.383 e. The van der Waals surface area contributed by atoms with Crippen molar-refractivity contribution in [3.63, 3.8) is 0 Å². The highest BCUT2D eigenvalue weighted by Gasteiger charge is 2.44. The van der Waals surface area contributed by atoms with E-state index in [-0.39, 0.29) is 73.7 Å². The molecular formula is C40H45N11O8. The normalized spacial score (nSPS) is 20.7. The number of aryl methyl sites for hydroxylation is 1. The molecule has 3 aliphatic heterocycles. The zero-order valence-corrected chi connectivity index (χ0v) is 32.5. The Morgan fingerprint density at radius 3 is 2.49 bits per heavy atom. The number of aromatic nitrogens is 5. The van der Waals surface area contributed by atoms with Crippen LogP contribution >= 0.6 is 0 Å². The summed E-state index contributed by atoms with van der Waals surface area (Å²) in [4.78, 5) is 95.9. The van der Waals surface area contributed by atoms with Crippen LogP contribution < -0.4 is 21.3 Å². The summed E-state index contributed by atoms with van der Waals surface area (Å²) in [5.74, 6) is -1.80. The molecule has 0 spiro atoms. The molecule has 6 heterocycles. The van der Waals surface area contributed by atoms with Crippen molar-refractivity contribution in [1.82, 2.24) is 44.9 Å². The molecule has 2 saturated heterocycles. The van der Waals surface area contributed by atoms with Gasteiger partial charge >= 0.3 is 0 Å². The largest absolute Gasteiger partial charge is 0.383 e. The van der Waals surface area contributed by atoms with Crippen molar-refractivity contribution < 1.29 is 38.2 Å². The highest BCUT2D eigenvalue weighted by molar-refractivity contribution is 6.23. The lowest BCUT2D eigenvalue weighted by Gasteiger charge is -2.36. The van der Waals surface area contributed by atoms with E-state index < -0.39 is 29.7 Å². The molecule has 1 saturated carbocycles. The van der Waals surface area contributed by atoms with Crippen LogP contribution in [-0.2, 0) is 23.9 Å².